The van der Waals surface area contributed by atoms with Gasteiger partial charge in [0, 0.05) is 32.5 Å². The number of fused-ring (bicyclic) bond motifs is 1. The van der Waals surface area contributed by atoms with Gasteiger partial charge in [-0.1, -0.05) is 0 Å². The number of carbonyl (C=O) groups excluding carboxylic acids is 1. The quantitative estimate of drug-likeness (QED) is 0.903. The van der Waals surface area contributed by atoms with Crippen LogP contribution in [-0.2, 0) is 14.3 Å². The normalized spacial score (nSPS) is 30.8. The zero-order valence-corrected chi connectivity index (χ0v) is 14.6. The predicted molar refractivity (Wildman–Crippen MR) is 94.2 cm³/mol. The molecule has 3 atom stereocenters. The number of nitrogens with one attached hydrogen (secondary N) is 1. The van der Waals surface area contributed by atoms with Gasteiger partial charge in [0.15, 0.2) is 0 Å². The molecule has 1 aromatic rings. The Hall–Kier alpha value is -1.50. The summed E-state index contributed by atoms with van der Waals surface area (Å²) in [4.78, 5) is 19.0. The highest BCUT2D eigenvalue weighted by molar-refractivity contribution is 5.94. The van der Waals surface area contributed by atoms with Crippen molar-refractivity contribution >= 4 is 11.6 Å². The van der Waals surface area contributed by atoms with Crippen LogP contribution in [0.5, 0.6) is 0 Å². The monoisotopic (exact) mass is 345 g/mol. The second kappa shape index (κ2) is 7.81. The molecule has 1 amide bonds. The Morgan fingerprint density at radius 1 is 1.32 bits per heavy atom. The number of rotatable bonds is 4. The third-order valence-corrected chi connectivity index (χ3v) is 5.71. The zero-order chi connectivity index (χ0) is 17.1. The molecule has 0 saturated carbocycles. The number of hydrogen-bond acceptors (Lipinski definition) is 5. The van der Waals surface area contributed by atoms with Gasteiger partial charge in [0.1, 0.15) is 6.10 Å². The molecule has 3 saturated heterocycles. The number of amides is 1. The van der Waals surface area contributed by atoms with Crippen molar-refractivity contribution in [2.45, 2.75) is 37.9 Å². The first kappa shape index (κ1) is 16.9. The van der Waals surface area contributed by atoms with Crippen LogP contribution in [0.4, 0.5) is 5.69 Å². The first-order chi connectivity index (χ1) is 12.3. The summed E-state index contributed by atoms with van der Waals surface area (Å²) in [6.07, 6.45) is 7.52. The van der Waals surface area contributed by atoms with Crippen LogP contribution in [0, 0.1) is 11.8 Å². The van der Waals surface area contributed by atoms with E-state index in [2.05, 4.69) is 15.2 Å². The predicted octanol–water partition coefficient (Wildman–Crippen LogP) is 1.93. The molecule has 0 aliphatic carbocycles. The molecule has 136 valence electrons. The van der Waals surface area contributed by atoms with Crippen molar-refractivity contribution in [1.82, 2.24) is 9.88 Å². The maximum Gasteiger partial charge on any atom is 0.253 e. The van der Waals surface area contributed by atoms with E-state index in [9.17, 15) is 4.79 Å². The number of likely N-dealkylation sites (tertiary alicyclic amines) is 1. The van der Waals surface area contributed by atoms with Gasteiger partial charge in [-0.15, -0.1) is 0 Å². The molecule has 1 N–H and O–H groups in total. The summed E-state index contributed by atoms with van der Waals surface area (Å²) in [5.41, 5.74) is 0.729. The number of nitrogens with zero attached hydrogens (tertiary/aromatic N) is 2. The van der Waals surface area contributed by atoms with Crippen molar-refractivity contribution in [1.29, 1.82) is 0 Å². The van der Waals surface area contributed by atoms with E-state index in [0.29, 0.717) is 5.92 Å². The fourth-order valence-electron chi connectivity index (χ4n) is 4.28. The van der Waals surface area contributed by atoms with E-state index in [0.717, 1.165) is 57.3 Å². The van der Waals surface area contributed by atoms with Gasteiger partial charge in [0.05, 0.1) is 18.0 Å². The Morgan fingerprint density at radius 2 is 2.20 bits per heavy atom. The van der Waals surface area contributed by atoms with Crippen molar-refractivity contribution in [2.75, 3.05) is 38.2 Å². The standard InChI is InChI=1S/C19H27N3O3/c23-19(21-16-2-1-6-20-11-16)17-10-15-3-7-22(13-18(15)25-17)12-14-4-8-24-9-5-14/h1-2,6,11,14-15,17-18H,3-5,7-10,12-13H2,(H,21,23)/t15-,17+,18+/m1/s1. The number of aromatic nitrogens is 1. The Balaban J connectivity index is 1.28. The van der Waals surface area contributed by atoms with Crippen LogP contribution in [0.15, 0.2) is 24.5 Å². The van der Waals surface area contributed by atoms with Gasteiger partial charge in [-0.25, -0.2) is 0 Å². The van der Waals surface area contributed by atoms with Crippen molar-refractivity contribution < 1.29 is 14.3 Å². The molecule has 0 radical (unpaired) electrons. The molecule has 3 aliphatic rings. The highest BCUT2D eigenvalue weighted by atomic mass is 16.5. The fourth-order valence-corrected chi connectivity index (χ4v) is 4.28. The second-order valence-corrected chi connectivity index (χ2v) is 7.49. The second-order valence-electron chi connectivity index (χ2n) is 7.49. The molecule has 6 nitrogen and oxygen atoms in total. The van der Waals surface area contributed by atoms with Gasteiger partial charge in [-0.2, -0.15) is 0 Å². The minimum Gasteiger partial charge on any atom is -0.381 e. The number of ether oxygens (including phenoxy) is 2. The molecule has 25 heavy (non-hydrogen) atoms. The Kier molecular flexibility index (Phi) is 5.29. The number of pyridine rings is 1. The summed E-state index contributed by atoms with van der Waals surface area (Å²) >= 11 is 0. The molecule has 0 bridgehead atoms. The lowest BCUT2D eigenvalue weighted by Gasteiger charge is -2.36. The molecule has 4 heterocycles. The molecule has 4 rings (SSSR count). The first-order valence-electron chi connectivity index (χ1n) is 9.44. The van der Waals surface area contributed by atoms with Gasteiger partial charge in [-0.05, 0) is 56.2 Å². The molecular formula is C19H27N3O3. The zero-order valence-electron chi connectivity index (χ0n) is 14.6. The van der Waals surface area contributed by atoms with Crippen LogP contribution in [0.3, 0.4) is 0 Å². The first-order valence-corrected chi connectivity index (χ1v) is 9.44. The molecule has 0 unspecified atom stereocenters. The van der Waals surface area contributed by atoms with Crippen LogP contribution in [0.1, 0.15) is 25.7 Å². The van der Waals surface area contributed by atoms with E-state index in [1.165, 1.54) is 12.8 Å². The van der Waals surface area contributed by atoms with Crippen LogP contribution in [0.25, 0.3) is 0 Å². The Morgan fingerprint density at radius 3 is 3.00 bits per heavy atom. The van der Waals surface area contributed by atoms with Crippen molar-refractivity contribution in [2.24, 2.45) is 11.8 Å². The Labute approximate surface area is 148 Å². The number of hydrogen-bond donors (Lipinski definition) is 1. The van der Waals surface area contributed by atoms with Crippen LogP contribution in [-0.4, -0.2) is 60.8 Å². The van der Waals surface area contributed by atoms with E-state index in [1.807, 2.05) is 12.1 Å². The SMILES string of the molecule is O=C(Nc1cccnc1)[C@@H]1C[C@H]2CCN(CC3CCOCC3)C[C@@H]2O1. The number of carbonyl (C=O) groups is 1. The smallest absolute Gasteiger partial charge is 0.253 e. The summed E-state index contributed by atoms with van der Waals surface area (Å²) in [7, 11) is 0. The van der Waals surface area contributed by atoms with Gasteiger partial charge in [0.2, 0.25) is 0 Å². The Bertz CT molecular complexity index is 577. The van der Waals surface area contributed by atoms with E-state index in [1.54, 1.807) is 12.4 Å². The molecule has 6 heteroatoms. The van der Waals surface area contributed by atoms with Crippen LogP contribution < -0.4 is 5.32 Å². The number of anilines is 1. The van der Waals surface area contributed by atoms with Gasteiger partial charge in [0.25, 0.3) is 5.91 Å². The third-order valence-electron chi connectivity index (χ3n) is 5.71. The lowest BCUT2D eigenvalue weighted by Crippen LogP contribution is -2.45. The maximum absolute atomic E-state index is 12.5. The average Bonchev–Trinajstić information content (AvgIpc) is 3.07. The van der Waals surface area contributed by atoms with Crippen molar-refractivity contribution in [3.8, 4) is 0 Å². The average molecular weight is 345 g/mol. The van der Waals surface area contributed by atoms with Crippen LogP contribution >= 0.6 is 0 Å². The summed E-state index contributed by atoms with van der Waals surface area (Å²) in [5.74, 6) is 1.21. The van der Waals surface area contributed by atoms with E-state index in [4.69, 9.17) is 9.47 Å². The van der Waals surface area contributed by atoms with E-state index in [-0.39, 0.29) is 18.1 Å². The summed E-state index contributed by atoms with van der Waals surface area (Å²) in [6, 6.07) is 3.67. The highest BCUT2D eigenvalue weighted by Gasteiger charge is 2.42. The summed E-state index contributed by atoms with van der Waals surface area (Å²) in [5, 5.41) is 2.92. The largest absolute Gasteiger partial charge is 0.381 e. The van der Waals surface area contributed by atoms with Crippen molar-refractivity contribution in [3.05, 3.63) is 24.5 Å². The summed E-state index contributed by atoms with van der Waals surface area (Å²) < 4.78 is 11.6. The topological polar surface area (TPSA) is 63.7 Å². The third kappa shape index (κ3) is 4.19. The van der Waals surface area contributed by atoms with Gasteiger partial charge < -0.3 is 19.7 Å². The van der Waals surface area contributed by atoms with E-state index < -0.39 is 0 Å². The molecule has 3 aliphatic heterocycles. The lowest BCUT2D eigenvalue weighted by atomic mass is 9.90. The fraction of sp³-hybridized carbons (Fsp3) is 0.684. The molecule has 1 aromatic heterocycles. The molecular weight excluding hydrogens is 318 g/mol. The summed E-state index contributed by atoms with van der Waals surface area (Å²) in [6.45, 7) is 5.02. The molecule has 0 spiro atoms. The van der Waals surface area contributed by atoms with Crippen LogP contribution in [0.2, 0.25) is 0 Å². The minimum absolute atomic E-state index is 0.0432. The lowest BCUT2D eigenvalue weighted by molar-refractivity contribution is -0.127. The molecule has 0 aromatic carbocycles. The maximum atomic E-state index is 12.5. The molecule has 3 fully saturated rings. The van der Waals surface area contributed by atoms with Crippen molar-refractivity contribution in [3.63, 3.8) is 0 Å². The van der Waals surface area contributed by atoms with Gasteiger partial charge >= 0.3 is 0 Å². The van der Waals surface area contributed by atoms with E-state index >= 15 is 0 Å². The number of piperidine rings is 1. The highest BCUT2D eigenvalue weighted by Crippen LogP contribution is 2.34. The minimum atomic E-state index is -0.335. The van der Waals surface area contributed by atoms with Gasteiger partial charge in [-0.3, -0.25) is 9.78 Å².